The number of hydrogen-bond acceptors (Lipinski definition) is 9. The first-order valence-corrected chi connectivity index (χ1v) is 8.41. The molecule has 25 heavy (non-hydrogen) atoms. The number of imidazole rings is 1. The van der Waals surface area contributed by atoms with Crippen LogP contribution in [0.5, 0.6) is 0 Å². The molecule has 2 rings (SSSR count). The molecular weight excluding hydrogens is 371 g/mol. The van der Waals surface area contributed by atoms with E-state index < -0.39 is 20.0 Å². The summed E-state index contributed by atoms with van der Waals surface area (Å²) in [5, 5.41) is 12.9. The Balaban J connectivity index is 0.00000288. The molecule has 0 amide bonds. The second kappa shape index (κ2) is 11.8. The van der Waals surface area contributed by atoms with Crippen LogP contribution in [0.4, 0.5) is 5.82 Å². The minimum atomic E-state index is -4.74. The van der Waals surface area contributed by atoms with E-state index in [2.05, 4.69) is 31.6 Å². The maximum atomic E-state index is 10.4. The number of anilines is 1. The van der Waals surface area contributed by atoms with E-state index in [4.69, 9.17) is 0 Å². The number of hydrogen-bond donors (Lipinski definition) is 2. The topological polar surface area (TPSA) is 148 Å². The SMILES string of the molecule is C=CCNc1ncnc2c1ncn2CC(O)COCP(=O)([O-])[O-].[Na+].[Na+]. The van der Waals surface area contributed by atoms with Gasteiger partial charge in [0, 0.05) is 6.54 Å². The van der Waals surface area contributed by atoms with Crippen molar-refractivity contribution in [1.29, 1.82) is 0 Å². The van der Waals surface area contributed by atoms with E-state index in [1.54, 1.807) is 10.6 Å². The van der Waals surface area contributed by atoms with E-state index in [-0.39, 0.29) is 72.3 Å². The second-order valence-corrected chi connectivity index (χ2v) is 6.21. The van der Waals surface area contributed by atoms with Gasteiger partial charge in [0.25, 0.3) is 0 Å². The Morgan fingerprint density at radius 2 is 2.12 bits per heavy atom. The van der Waals surface area contributed by atoms with Crippen LogP contribution in [0.15, 0.2) is 25.3 Å². The molecule has 2 aromatic rings. The molecule has 2 heterocycles. The number of fused-ring (bicyclic) bond motifs is 1. The van der Waals surface area contributed by atoms with Gasteiger partial charge in [-0.25, -0.2) is 15.0 Å². The number of aromatic nitrogens is 4. The van der Waals surface area contributed by atoms with Crippen LogP contribution in [0.2, 0.25) is 0 Å². The molecule has 0 aliphatic rings. The van der Waals surface area contributed by atoms with Gasteiger partial charge in [0.05, 0.1) is 31.9 Å². The van der Waals surface area contributed by atoms with Crippen LogP contribution in [0.1, 0.15) is 0 Å². The predicted octanol–water partition coefficient (Wildman–Crippen LogP) is -7.32. The molecule has 10 nitrogen and oxygen atoms in total. The van der Waals surface area contributed by atoms with Gasteiger partial charge in [-0.3, -0.25) is 0 Å². The van der Waals surface area contributed by atoms with Crippen LogP contribution in [0, 0.1) is 0 Å². The Bertz CT molecular complexity index is 725. The third-order valence-electron chi connectivity index (χ3n) is 2.78. The van der Waals surface area contributed by atoms with Gasteiger partial charge in [0.15, 0.2) is 11.5 Å². The summed E-state index contributed by atoms with van der Waals surface area (Å²) in [7, 11) is -4.74. The van der Waals surface area contributed by atoms with Crippen molar-refractivity contribution >= 4 is 24.6 Å². The maximum absolute atomic E-state index is 10.4. The molecule has 1 unspecified atom stereocenters. The molecule has 0 spiro atoms. The molecule has 1 atom stereocenters. The molecule has 0 aliphatic carbocycles. The quantitative estimate of drug-likeness (QED) is 0.243. The Morgan fingerprint density at radius 3 is 2.76 bits per heavy atom. The first-order valence-electron chi connectivity index (χ1n) is 6.68. The summed E-state index contributed by atoms with van der Waals surface area (Å²) in [6.07, 6.45) is 2.55. The number of nitrogens with zero attached hydrogens (tertiary/aromatic N) is 4. The van der Waals surface area contributed by atoms with Gasteiger partial charge in [-0.15, -0.1) is 6.58 Å². The Labute approximate surface area is 188 Å². The molecule has 13 heteroatoms. The van der Waals surface area contributed by atoms with E-state index in [9.17, 15) is 19.5 Å². The van der Waals surface area contributed by atoms with Crippen LogP contribution in [-0.4, -0.2) is 50.2 Å². The average Bonchev–Trinajstić information content (AvgIpc) is 2.87. The molecule has 2 aromatic heterocycles. The number of rotatable bonds is 9. The number of aliphatic hydroxyl groups excluding tert-OH is 1. The van der Waals surface area contributed by atoms with Crippen molar-refractivity contribution in [2.45, 2.75) is 12.6 Å². The fourth-order valence-electron chi connectivity index (χ4n) is 1.89. The van der Waals surface area contributed by atoms with Crippen LogP contribution in [0.3, 0.4) is 0 Å². The zero-order valence-electron chi connectivity index (χ0n) is 14.2. The number of ether oxygens (including phenoxy) is 1. The summed E-state index contributed by atoms with van der Waals surface area (Å²) in [6, 6.07) is 0. The molecule has 0 saturated carbocycles. The van der Waals surface area contributed by atoms with E-state index >= 15 is 0 Å². The first-order chi connectivity index (χ1) is 10.9. The van der Waals surface area contributed by atoms with Gasteiger partial charge >= 0.3 is 59.1 Å². The molecule has 0 aromatic carbocycles. The van der Waals surface area contributed by atoms with Gasteiger partial charge < -0.3 is 34.1 Å². The van der Waals surface area contributed by atoms with Crippen molar-refractivity contribution in [3.8, 4) is 0 Å². The fraction of sp³-hybridized carbons (Fsp3) is 0.417. The summed E-state index contributed by atoms with van der Waals surface area (Å²) >= 11 is 0. The maximum Gasteiger partial charge on any atom is 1.00 e. The number of aliphatic hydroxyl groups is 1. The van der Waals surface area contributed by atoms with Gasteiger partial charge in [-0.05, 0) is 7.60 Å². The third kappa shape index (κ3) is 8.15. The molecule has 0 bridgehead atoms. The van der Waals surface area contributed by atoms with Crippen LogP contribution < -0.4 is 74.2 Å². The van der Waals surface area contributed by atoms with Crippen molar-refractivity contribution in [2.24, 2.45) is 0 Å². The van der Waals surface area contributed by atoms with E-state index in [1.165, 1.54) is 12.7 Å². The van der Waals surface area contributed by atoms with E-state index in [1.807, 2.05) is 0 Å². The summed E-state index contributed by atoms with van der Waals surface area (Å²) in [6.45, 7) is 3.91. The van der Waals surface area contributed by atoms with E-state index in [0.717, 1.165) is 0 Å². The molecule has 0 fully saturated rings. The van der Waals surface area contributed by atoms with Gasteiger partial charge in [0.2, 0.25) is 0 Å². The molecule has 0 aliphatic heterocycles. The molecule has 126 valence electrons. The largest absolute Gasteiger partial charge is 1.00 e. The zero-order valence-corrected chi connectivity index (χ0v) is 19.1. The van der Waals surface area contributed by atoms with Gasteiger partial charge in [-0.2, -0.15) is 0 Å². The van der Waals surface area contributed by atoms with Crippen molar-refractivity contribution in [3.05, 3.63) is 25.3 Å². The van der Waals surface area contributed by atoms with Crippen LogP contribution in [-0.2, 0) is 15.8 Å². The minimum absolute atomic E-state index is 0. The molecule has 0 saturated heterocycles. The summed E-state index contributed by atoms with van der Waals surface area (Å²) in [4.78, 5) is 33.3. The Kier molecular flexibility index (Phi) is 11.9. The third-order valence-corrected chi connectivity index (χ3v) is 3.28. The monoisotopic (exact) mass is 387 g/mol. The minimum Gasteiger partial charge on any atom is -0.809 e. The Hall–Kier alpha value is 0.160. The molecular formula is C12H16N5Na2O5P. The first kappa shape index (κ1) is 25.2. The molecule has 2 N–H and O–H groups in total. The zero-order chi connectivity index (χ0) is 16.9. The average molecular weight is 387 g/mol. The van der Waals surface area contributed by atoms with Crippen molar-refractivity contribution in [2.75, 3.05) is 24.8 Å². The van der Waals surface area contributed by atoms with Crippen molar-refractivity contribution in [1.82, 2.24) is 19.5 Å². The molecule has 0 radical (unpaired) electrons. The smallest absolute Gasteiger partial charge is 0.809 e. The fourth-order valence-corrected chi connectivity index (χ4v) is 2.22. The summed E-state index contributed by atoms with van der Waals surface area (Å²) in [5.41, 5.74) is 1.04. The van der Waals surface area contributed by atoms with Crippen molar-refractivity contribution < 1.29 is 83.3 Å². The van der Waals surface area contributed by atoms with Crippen LogP contribution >= 0.6 is 7.60 Å². The summed E-state index contributed by atoms with van der Waals surface area (Å²) < 4.78 is 16.7. The standard InChI is InChI=1S/C12H18N5O5P.2Na/c1-2-3-13-11-10-12(15-6-14-11)17(7-16-10)4-9(18)5-22-8-23(19,20)21;;/h2,6-7,9,18H,1,3-5,8H2,(H,13,14,15)(H2,19,20,21);;/q;2*+1/p-2. The van der Waals surface area contributed by atoms with Gasteiger partial charge in [-0.1, -0.05) is 6.08 Å². The van der Waals surface area contributed by atoms with Crippen molar-refractivity contribution in [3.63, 3.8) is 0 Å². The summed E-state index contributed by atoms with van der Waals surface area (Å²) in [5.74, 6) is 0.540. The number of nitrogens with one attached hydrogen (secondary N) is 1. The Morgan fingerprint density at radius 1 is 1.40 bits per heavy atom. The van der Waals surface area contributed by atoms with Gasteiger partial charge in [0.1, 0.15) is 11.8 Å². The second-order valence-electron chi connectivity index (χ2n) is 4.73. The van der Waals surface area contributed by atoms with Crippen LogP contribution in [0.25, 0.3) is 11.2 Å². The normalized spacial score (nSPS) is 12.1. The predicted molar refractivity (Wildman–Crippen MR) is 78.4 cm³/mol. The van der Waals surface area contributed by atoms with E-state index in [0.29, 0.717) is 23.5 Å².